The van der Waals surface area contributed by atoms with Gasteiger partial charge in [0.1, 0.15) is 5.75 Å². The Labute approximate surface area is 223 Å². The van der Waals surface area contributed by atoms with E-state index < -0.39 is 0 Å². The fourth-order valence-corrected chi connectivity index (χ4v) is 8.91. The number of benzene rings is 2. The molecule has 5 atom stereocenters. The molecule has 4 aliphatic rings. The summed E-state index contributed by atoms with van der Waals surface area (Å²) in [4.78, 5) is 18.7. The molecule has 0 spiro atoms. The average Bonchev–Trinajstić information content (AvgIpc) is 3.64. The van der Waals surface area contributed by atoms with Gasteiger partial charge in [-0.25, -0.2) is 0 Å². The van der Waals surface area contributed by atoms with Gasteiger partial charge in [-0.05, 0) is 111 Å². The van der Waals surface area contributed by atoms with Crippen LogP contribution in [0.3, 0.4) is 0 Å². The van der Waals surface area contributed by atoms with E-state index in [1.165, 1.54) is 42.5 Å². The standard InChI is InChI=1S/C33H44N2O2/c1-5-6-29(34(4)31(37)24-11-7-22(2)8-12-24)27-15-16-32(3)30-19-25-13-14-26(36)20-28(25)33(27,32)17-18-35(30)21-23-9-10-23/h7-8,11-14,20,23,27,29-30,36H,5-6,9-10,15-19,21H2,1-4H3. The minimum Gasteiger partial charge on any atom is -0.508 e. The van der Waals surface area contributed by atoms with E-state index in [-0.39, 0.29) is 22.8 Å². The zero-order valence-corrected chi connectivity index (χ0v) is 23.2. The van der Waals surface area contributed by atoms with E-state index in [9.17, 15) is 9.90 Å². The van der Waals surface area contributed by atoms with Gasteiger partial charge in [-0.2, -0.15) is 0 Å². The number of nitrogens with zero attached hydrogens (tertiary/aromatic N) is 2. The third-order valence-corrected chi connectivity index (χ3v) is 10.9. The smallest absolute Gasteiger partial charge is 0.253 e. The SMILES string of the molecule is CCCC(C1CCC2(C)C3Cc4ccc(O)cc4C12CCN3CC1CC1)N(C)C(=O)c1ccc(C)cc1. The Bertz CT molecular complexity index is 1170. The number of aryl methyl sites for hydroxylation is 1. The maximum atomic E-state index is 13.8. The van der Waals surface area contributed by atoms with Gasteiger partial charge in [0.15, 0.2) is 0 Å². The number of amides is 1. The molecule has 2 saturated carbocycles. The number of carbonyl (C=O) groups is 1. The summed E-state index contributed by atoms with van der Waals surface area (Å²) in [6, 6.07) is 15.0. The van der Waals surface area contributed by atoms with Crippen molar-refractivity contribution < 1.29 is 9.90 Å². The van der Waals surface area contributed by atoms with Crippen molar-refractivity contribution in [2.24, 2.45) is 17.3 Å². The molecule has 1 heterocycles. The van der Waals surface area contributed by atoms with Crippen LogP contribution in [0.1, 0.15) is 85.8 Å². The van der Waals surface area contributed by atoms with Crippen LogP contribution in [0.5, 0.6) is 5.75 Å². The molecule has 2 aromatic carbocycles. The van der Waals surface area contributed by atoms with Crippen molar-refractivity contribution in [1.29, 1.82) is 0 Å². The molecule has 0 radical (unpaired) electrons. The molecule has 1 N–H and O–H groups in total. The van der Waals surface area contributed by atoms with Crippen LogP contribution >= 0.6 is 0 Å². The molecule has 4 nitrogen and oxygen atoms in total. The first kappa shape index (κ1) is 25.0. The van der Waals surface area contributed by atoms with Gasteiger partial charge in [0, 0.05) is 36.7 Å². The highest BCUT2D eigenvalue weighted by Gasteiger charge is 2.68. The van der Waals surface area contributed by atoms with E-state index in [4.69, 9.17) is 0 Å². The van der Waals surface area contributed by atoms with Crippen LogP contribution < -0.4 is 0 Å². The molecule has 2 aromatic rings. The summed E-state index contributed by atoms with van der Waals surface area (Å²) in [6.45, 7) is 9.27. The Balaban J connectivity index is 1.42. The number of hydrogen-bond donors (Lipinski definition) is 1. The van der Waals surface area contributed by atoms with Crippen LogP contribution in [0.4, 0.5) is 0 Å². The van der Waals surface area contributed by atoms with Gasteiger partial charge < -0.3 is 10.0 Å². The number of phenolic OH excluding ortho intramolecular Hbond substituents is 1. The Kier molecular flexibility index (Phi) is 6.18. The van der Waals surface area contributed by atoms with Gasteiger partial charge in [-0.1, -0.05) is 44.0 Å². The Hall–Kier alpha value is -2.33. The Morgan fingerprint density at radius 2 is 1.89 bits per heavy atom. The number of piperidine rings is 1. The van der Waals surface area contributed by atoms with E-state index in [1.54, 1.807) is 0 Å². The second-order valence-corrected chi connectivity index (χ2v) is 12.9. The number of aromatic hydroxyl groups is 1. The number of likely N-dealkylation sites (tertiary alicyclic amines) is 1. The molecule has 37 heavy (non-hydrogen) atoms. The minimum atomic E-state index is -0.00824. The Morgan fingerprint density at radius 1 is 1.14 bits per heavy atom. The maximum Gasteiger partial charge on any atom is 0.253 e. The van der Waals surface area contributed by atoms with Gasteiger partial charge in [0.25, 0.3) is 5.91 Å². The summed E-state index contributed by atoms with van der Waals surface area (Å²) in [7, 11) is 2.04. The quantitative estimate of drug-likeness (QED) is 0.483. The summed E-state index contributed by atoms with van der Waals surface area (Å²) >= 11 is 0. The first-order valence-corrected chi connectivity index (χ1v) is 14.7. The number of fused-ring (bicyclic) bond motifs is 1. The largest absolute Gasteiger partial charge is 0.508 e. The van der Waals surface area contributed by atoms with Crippen LogP contribution in [-0.4, -0.2) is 53.0 Å². The van der Waals surface area contributed by atoms with Crippen molar-refractivity contribution >= 4 is 5.91 Å². The summed E-state index contributed by atoms with van der Waals surface area (Å²) in [5.74, 6) is 1.80. The maximum absolute atomic E-state index is 13.8. The van der Waals surface area contributed by atoms with Crippen LogP contribution in [0.25, 0.3) is 0 Å². The van der Waals surface area contributed by atoms with Crippen LogP contribution in [0.2, 0.25) is 0 Å². The van der Waals surface area contributed by atoms with E-state index in [0.29, 0.717) is 17.7 Å². The van der Waals surface area contributed by atoms with Crippen LogP contribution in [0, 0.1) is 24.2 Å². The lowest BCUT2D eigenvalue weighted by Gasteiger charge is -2.63. The fourth-order valence-electron chi connectivity index (χ4n) is 8.91. The van der Waals surface area contributed by atoms with E-state index in [1.807, 2.05) is 37.4 Å². The molecule has 3 fully saturated rings. The van der Waals surface area contributed by atoms with Gasteiger partial charge in [-0.3, -0.25) is 9.69 Å². The van der Waals surface area contributed by atoms with Gasteiger partial charge in [0.2, 0.25) is 0 Å². The Morgan fingerprint density at radius 3 is 2.59 bits per heavy atom. The number of carbonyl (C=O) groups excluding carboxylic acids is 1. The van der Waals surface area contributed by atoms with Crippen molar-refractivity contribution in [2.45, 2.75) is 89.6 Å². The average molecular weight is 501 g/mol. The van der Waals surface area contributed by atoms with Crippen LogP contribution in [-0.2, 0) is 11.8 Å². The molecule has 4 heteroatoms. The molecular formula is C33H44N2O2. The van der Waals surface area contributed by atoms with E-state index in [0.717, 1.165) is 50.1 Å². The predicted octanol–water partition coefficient (Wildman–Crippen LogP) is 6.34. The van der Waals surface area contributed by atoms with Gasteiger partial charge >= 0.3 is 0 Å². The molecular weight excluding hydrogens is 456 g/mol. The monoisotopic (exact) mass is 500 g/mol. The summed E-state index contributed by atoms with van der Waals surface area (Å²) < 4.78 is 0. The van der Waals surface area contributed by atoms with Crippen LogP contribution in [0.15, 0.2) is 42.5 Å². The lowest BCUT2D eigenvalue weighted by molar-refractivity contribution is -0.0645. The highest BCUT2D eigenvalue weighted by Crippen LogP contribution is 2.68. The highest BCUT2D eigenvalue weighted by molar-refractivity contribution is 5.94. The molecule has 198 valence electrons. The zero-order chi connectivity index (χ0) is 25.9. The first-order chi connectivity index (χ1) is 17.8. The highest BCUT2D eigenvalue weighted by atomic mass is 16.3. The summed E-state index contributed by atoms with van der Waals surface area (Å²) in [5, 5.41) is 10.7. The van der Waals surface area contributed by atoms with Gasteiger partial charge in [0.05, 0.1) is 0 Å². The van der Waals surface area contributed by atoms with Gasteiger partial charge in [-0.15, -0.1) is 0 Å². The minimum absolute atomic E-state index is 0.00824. The number of rotatable bonds is 7. The molecule has 1 amide bonds. The first-order valence-electron chi connectivity index (χ1n) is 14.7. The number of phenols is 1. The van der Waals surface area contributed by atoms with Crippen molar-refractivity contribution in [3.8, 4) is 5.75 Å². The normalized spacial score (nSPS) is 31.5. The molecule has 3 aliphatic carbocycles. The molecule has 5 unspecified atom stereocenters. The van der Waals surface area contributed by atoms with Crippen molar-refractivity contribution in [3.05, 3.63) is 64.7 Å². The lowest BCUT2D eigenvalue weighted by Crippen LogP contribution is -2.67. The van der Waals surface area contributed by atoms with E-state index in [2.05, 4.69) is 42.7 Å². The summed E-state index contributed by atoms with van der Waals surface area (Å²) in [6.07, 6.45) is 9.42. The molecule has 0 aromatic heterocycles. The fraction of sp³-hybridized carbons (Fsp3) is 0.606. The van der Waals surface area contributed by atoms with E-state index >= 15 is 0 Å². The topological polar surface area (TPSA) is 43.8 Å². The third kappa shape index (κ3) is 3.85. The van der Waals surface area contributed by atoms with Crippen molar-refractivity contribution in [2.75, 3.05) is 20.1 Å². The second-order valence-electron chi connectivity index (χ2n) is 12.9. The van der Waals surface area contributed by atoms with Crippen molar-refractivity contribution in [1.82, 2.24) is 9.80 Å². The third-order valence-electron chi connectivity index (χ3n) is 10.9. The second kappa shape index (κ2) is 9.15. The number of hydrogen-bond acceptors (Lipinski definition) is 3. The molecule has 6 rings (SSSR count). The molecule has 2 bridgehead atoms. The molecule has 1 saturated heterocycles. The molecule has 1 aliphatic heterocycles. The van der Waals surface area contributed by atoms with Crippen molar-refractivity contribution in [3.63, 3.8) is 0 Å². The predicted molar refractivity (Wildman–Crippen MR) is 149 cm³/mol. The zero-order valence-electron chi connectivity index (χ0n) is 23.2. The lowest BCUT2D eigenvalue weighted by atomic mass is 9.48. The summed E-state index contributed by atoms with van der Waals surface area (Å²) in [5.41, 5.74) is 4.92.